The molecule has 0 aliphatic heterocycles. The highest BCUT2D eigenvalue weighted by Gasteiger charge is 2.31. The number of hydrogen-bond donors (Lipinski definition) is 2. The summed E-state index contributed by atoms with van der Waals surface area (Å²) in [5.41, 5.74) is 1.18. The maximum atomic E-state index is 13.2. The molecular formula is C28H21F3N4O4S2. The number of alkyl halides is 3. The van der Waals surface area contributed by atoms with Crippen LogP contribution in [0.1, 0.15) is 22.8 Å². The van der Waals surface area contributed by atoms with Crippen LogP contribution in [0.4, 0.5) is 29.7 Å². The highest BCUT2D eigenvalue weighted by atomic mass is 32.2. The van der Waals surface area contributed by atoms with Crippen LogP contribution in [0.15, 0.2) is 89.3 Å². The minimum Gasteiger partial charge on any atom is -0.462 e. The molecule has 0 radical (unpaired) electrons. The van der Waals surface area contributed by atoms with Crippen LogP contribution >= 0.6 is 11.3 Å². The van der Waals surface area contributed by atoms with E-state index in [2.05, 4.69) is 20.0 Å². The molecule has 5 rings (SSSR count). The average molecular weight is 599 g/mol. The normalized spacial score (nSPS) is 11.8. The Kier molecular flexibility index (Phi) is 7.65. The molecule has 3 aromatic carbocycles. The number of rotatable bonds is 8. The third-order valence-electron chi connectivity index (χ3n) is 5.92. The third-order valence-corrected chi connectivity index (χ3v) is 8.16. The SMILES string of the molecule is CCOC(=O)c1cnc2cc(C(F)(F)F)ccc2c1Nc1ccc(S(=O)(=O)Nc2nc(-c3ccccc3)cs2)cc1. The summed E-state index contributed by atoms with van der Waals surface area (Å²) in [6.45, 7) is 1.70. The van der Waals surface area contributed by atoms with Crippen molar-refractivity contribution in [3.8, 4) is 11.3 Å². The zero-order valence-corrected chi connectivity index (χ0v) is 22.9. The quantitative estimate of drug-likeness (QED) is 0.183. The van der Waals surface area contributed by atoms with Gasteiger partial charge in [-0.05, 0) is 43.3 Å². The predicted octanol–water partition coefficient (Wildman–Crippen LogP) is 7.10. The number of nitrogens with zero attached hydrogens (tertiary/aromatic N) is 2. The van der Waals surface area contributed by atoms with Gasteiger partial charge in [0.2, 0.25) is 0 Å². The van der Waals surface area contributed by atoms with Gasteiger partial charge in [0.15, 0.2) is 5.13 Å². The molecule has 2 heterocycles. The van der Waals surface area contributed by atoms with E-state index in [1.165, 1.54) is 30.3 Å². The van der Waals surface area contributed by atoms with Gasteiger partial charge in [0, 0.05) is 28.2 Å². The van der Waals surface area contributed by atoms with E-state index in [-0.39, 0.29) is 38.8 Å². The fraction of sp³-hybridized carbons (Fsp3) is 0.107. The molecule has 0 saturated heterocycles. The van der Waals surface area contributed by atoms with E-state index in [4.69, 9.17) is 4.74 Å². The summed E-state index contributed by atoms with van der Waals surface area (Å²) >= 11 is 1.15. The van der Waals surface area contributed by atoms with E-state index < -0.39 is 27.7 Å². The summed E-state index contributed by atoms with van der Waals surface area (Å²) < 4.78 is 73.3. The number of nitrogens with one attached hydrogen (secondary N) is 2. The number of anilines is 3. The molecule has 13 heteroatoms. The first-order valence-electron chi connectivity index (χ1n) is 12.1. The number of aromatic nitrogens is 2. The lowest BCUT2D eigenvalue weighted by molar-refractivity contribution is -0.137. The number of benzene rings is 3. The predicted molar refractivity (Wildman–Crippen MR) is 151 cm³/mol. The molecule has 0 unspecified atom stereocenters. The third kappa shape index (κ3) is 6.15. The van der Waals surface area contributed by atoms with Gasteiger partial charge >= 0.3 is 12.1 Å². The highest BCUT2D eigenvalue weighted by molar-refractivity contribution is 7.93. The molecule has 2 aromatic heterocycles. The fourth-order valence-electron chi connectivity index (χ4n) is 3.97. The Morgan fingerprint density at radius 3 is 2.44 bits per heavy atom. The Balaban J connectivity index is 1.42. The number of hydrogen-bond acceptors (Lipinski definition) is 8. The molecule has 0 atom stereocenters. The van der Waals surface area contributed by atoms with Crippen molar-refractivity contribution in [2.75, 3.05) is 16.6 Å². The van der Waals surface area contributed by atoms with Gasteiger partial charge in [-0.1, -0.05) is 36.4 Å². The van der Waals surface area contributed by atoms with Crippen LogP contribution in [0.5, 0.6) is 0 Å². The van der Waals surface area contributed by atoms with Gasteiger partial charge in [-0.3, -0.25) is 9.71 Å². The van der Waals surface area contributed by atoms with Gasteiger partial charge in [0.05, 0.1) is 34.0 Å². The second-order valence-corrected chi connectivity index (χ2v) is 11.2. The molecule has 8 nitrogen and oxygen atoms in total. The smallest absolute Gasteiger partial charge is 0.416 e. The molecule has 210 valence electrons. The van der Waals surface area contributed by atoms with E-state index in [0.29, 0.717) is 11.4 Å². The Bertz CT molecular complexity index is 1830. The van der Waals surface area contributed by atoms with Crippen molar-refractivity contribution < 1.29 is 31.1 Å². The first-order chi connectivity index (χ1) is 19.5. The van der Waals surface area contributed by atoms with Crippen molar-refractivity contribution in [1.82, 2.24) is 9.97 Å². The van der Waals surface area contributed by atoms with Crippen molar-refractivity contribution in [3.05, 3.63) is 95.5 Å². The van der Waals surface area contributed by atoms with Crippen molar-refractivity contribution in [1.29, 1.82) is 0 Å². The molecule has 41 heavy (non-hydrogen) atoms. The summed E-state index contributed by atoms with van der Waals surface area (Å²) in [4.78, 5) is 20.9. The topological polar surface area (TPSA) is 110 Å². The first-order valence-corrected chi connectivity index (χ1v) is 14.5. The molecule has 0 amide bonds. The van der Waals surface area contributed by atoms with E-state index in [1.54, 1.807) is 12.3 Å². The Morgan fingerprint density at radius 2 is 1.76 bits per heavy atom. The number of carbonyl (C=O) groups excluding carboxylic acids is 1. The van der Waals surface area contributed by atoms with Gasteiger partial charge in [-0.15, -0.1) is 11.3 Å². The van der Waals surface area contributed by atoms with Gasteiger partial charge in [0.1, 0.15) is 5.56 Å². The van der Waals surface area contributed by atoms with Crippen LogP contribution in [0.3, 0.4) is 0 Å². The number of fused-ring (bicyclic) bond motifs is 1. The van der Waals surface area contributed by atoms with Crippen molar-refractivity contribution in [2.45, 2.75) is 18.0 Å². The zero-order chi connectivity index (χ0) is 29.2. The molecule has 0 bridgehead atoms. The molecule has 0 saturated carbocycles. The van der Waals surface area contributed by atoms with E-state index in [0.717, 1.165) is 35.2 Å². The molecule has 0 aliphatic rings. The summed E-state index contributed by atoms with van der Waals surface area (Å²) in [6.07, 6.45) is -3.43. The number of halogens is 3. The van der Waals surface area contributed by atoms with Gasteiger partial charge in [-0.2, -0.15) is 13.2 Å². The molecule has 5 aromatic rings. The number of esters is 1. The average Bonchev–Trinajstić information content (AvgIpc) is 3.41. The Morgan fingerprint density at radius 1 is 1.02 bits per heavy atom. The van der Waals surface area contributed by atoms with E-state index in [9.17, 15) is 26.4 Å². The van der Waals surface area contributed by atoms with Crippen LogP contribution in [0.25, 0.3) is 22.2 Å². The first kappa shape index (κ1) is 28.1. The number of sulfonamides is 1. The molecular weight excluding hydrogens is 577 g/mol. The minimum atomic E-state index is -4.57. The largest absolute Gasteiger partial charge is 0.462 e. The summed E-state index contributed by atoms with van der Waals surface area (Å²) in [5, 5.41) is 5.21. The van der Waals surface area contributed by atoms with Gasteiger partial charge in [-0.25, -0.2) is 18.2 Å². The number of ether oxygens (including phenoxy) is 1. The zero-order valence-electron chi connectivity index (χ0n) is 21.3. The summed E-state index contributed by atoms with van der Waals surface area (Å²) in [7, 11) is -3.97. The Labute approximate surface area is 236 Å². The van der Waals surface area contributed by atoms with Crippen LogP contribution in [-0.2, 0) is 20.9 Å². The minimum absolute atomic E-state index is 0.00969. The maximum Gasteiger partial charge on any atom is 0.416 e. The van der Waals surface area contributed by atoms with Crippen LogP contribution in [0.2, 0.25) is 0 Å². The second-order valence-electron chi connectivity index (χ2n) is 8.66. The summed E-state index contributed by atoms with van der Waals surface area (Å²) in [5.74, 6) is -0.717. The van der Waals surface area contributed by atoms with Crippen molar-refractivity contribution >= 4 is 54.7 Å². The second kappa shape index (κ2) is 11.2. The lowest BCUT2D eigenvalue weighted by atomic mass is 10.1. The molecule has 2 N–H and O–H groups in total. The molecule has 0 spiro atoms. The van der Waals surface area contributed by atoms with Crippen LogP contribution in [-0.4, -0.2) is 31.0 Å². The van der Waals surface area contributed by atoms with E-state index >= 15 is 0 Å². The Hall–Kier alpha value is -4.49. The van der Waals surface area contributed by atoms with Crippen LogP contribution < -0.4 is 10.0 Å². The lowest BCUT2D eigenvalue weighted by Gasteiger charge is -2.15. The standard InChI is InChI=1S/C28H21F3N4O4S2/c1-2-39-26(36)22-15-32-23-14-18(28(29,30)31)8-13-21(23)25(22)33-19-9-11-20(12-10-19)41(37,38)35-27-34-24(16-40-27)17-6-4-3-5-7-17/h3-16H,2H2,1H3,(H,32,33)(H,34,35). The van der Waals surface area contributed by atoms with Gasteiger partial charge in [0.25, 0.3) is 10.0 Å². The van der Waals surface area contributed by atoms with Crippen molar-refractivity contribution in [3.63, 3.8) is 0 Å². The highest BCUT2D eigenvalue weighted by Crippen LogP contribution is 2.35. The summed E-state index contributed by atoms with van der Waals surface area (Å²) in [6, 6.07) is 18.0. The monoisotopic (exact) mass is 598 g/mol. The van der Waals surface area contributed by atoms with E-state index in [1.807, 2.05) is 30.3 Å². The molecule has 0 fully saturated rings. The van der Waals surface area contributed by atoms with Gasteiger partial charge < -0.3 is 10.1 Å². The maximum absolute atomic E-state index is 13.2. The van der Waals surface area contributed by atoms with Crippen molar-refractivity contribution in [2.24, 2.45) is 0 Å². The number of carbonyl (C=O) groups is 1. The fourth-order valence-corrected chi connectivity index (χ4v) is 5.94. The molecule has 0 aliphatic carbocycles. The van der Waals surface area contributed by atoms with Crippen LogP contribution in [0, 0.1) is 0 Å². The number of thiazole rings is 1. The number of pyridine rings is 1. The lowest BCUT2D eigenvalue weighted by Crippen LogP contribution is -2.13.